The number of anilines is 1. The molecular weight excluding hydrogens is 338 g/mol. The molecule has 1 fully saturated rings. The van der Waals surface area contributed by atoms with Crippen LogP contribution in [0.25, 0.3) is 0 Å². The van der Waals surface area contributed by atoms with Crippen molar-refractivity contribution in [3.8, 4) is 0 Å². The van der Waals surface area contributed by atoms with Gasteiger partial charge >= 0.3 is 0 Å². The molecule has 0 atom stereocenters. The molecule has 1 saturated heterocycles. The predicted octanol–water partition coefficient (Wildman–Crippen LogP) is 2.52. The summed E-state index contributed by atoms with van der Waals surface area (Å²) in [5, 5.41) is 3.51. The van der Waals surface area contributed by atoms with Crippen molar-refractivity contribution in [2.24, 2.45) is 4.99 Å². The van der Waals surface area contributed by atoms with Gasteiger partial charge in [0.2, 0.25) is 0 Å². The zero-order valence-electron chi connectivity index (χ0n) is 16.3. The van der Waals surface area contributed by atoms with E-state index in [1.807, 2.05) is 32.3 Å². The van der Waals surface area contributed by atoms with E-state index in [-0.39, 0.29) is 0 Å². The lowest BCUT2D eigenvalue weighted by molar-refractivity contribution is 0.133. The maximum absolute atomic E-state index is 5.58. The number of rotatable bonds is 6. The van der Waals surface area contributed by atoms with E-state index in [1.165, 1.54) is 11.1 Å². The summed E-state index contributed by atoms with van der Waals surface area (Å²) in [6.45, 7) is 7.88. The molecule has 0 radical (unpaired) electrons. The summed E-state index contributed by atoms with van der Waals surface area (Å²) in [5.74, 6) is 1.99. The van der Waals surface area contributed by atoms with Crippen LogP contribution in [0.5, 0.6) is 0 Å². The summed E-state index contributed by atoms with van der Waals surface area (Å²) in [6, 6.07) is 14.5. The van der Waals surface area contributed by atoms with Gasteiger partial charge in [-0.2, -0.15) is 0 Å². The third-order valence-electron chi connectivity index (χ3n) is 4.78. The molecule has 144 valence electrons. The second kappa shape index (κ2) is 9.92. The Kier molecular flexibility index (Phi) is 7.04. The normalized spacial score (nSPS) is 15.1. The van der Waals surface area contributed by atoms with Gasteiger partial charge in [-0.05, 0) is 30.2 Å². The van der Waals surface area contributed by atoms with E-state index in [4.69, 9.17) is 4.74 Å². The molecule has 27 heavy (non-hydrogen) atoms. The van der Waals surface area contributed by atoms with Crippen molar-refractivity contribution in [1.29, 1.82) is 0 Å². The van der Waals surface area contributed by atoms with E-state index in [0.717, 1.165) is 51.1 Å². The number of pyridine rings is 1. The lowest BCUT2D eigenvalue weighted by atomic mass is 10.1. The predicted molar refractivity (Wildman–Crippen MR) is 110 cm³/mol. The molecule has 6 nitrogen and oxygen atoms in total. The summed E-state index contributed by atoms with van der Waals surface area (Å²) >= 11 is 0. The van der Waals surface area contributed by atoms with Gasteiger partial charge < -0.3 is 19.9 Å². The van der Waals surface area contributed by atoms with E-state index in [2.05, 4.69) is 55.4 Å². The van der Waals surface area contributed by atoms with Crippen LogP contribution in [-0.2, 0) is 17.9 Å². The zero-order valence-corrected chi connectivity index (χ0v) is 16.3. The minimum atomic E-state index is 0.649. The van der Waals surface area contributed by atoms with Crippen molar-refractivity contribution < 1.29 is 4.74 Å². The number of nitrogens with zero attached hydrogens (tertiary/aromatic N) is 4. The molecule has 1 aromatic heterocycles. The first-order chi connectivity index (χ1) is 13.3. The van der Waals surface area contributed by atoms with Crippen LogP contribution in [0.3, 0.4) is 0 Å². The molecule has 2 aromatic rings. The molecule has 3 rings (SSSR count). The van der Waals surface area contributed by atoms with Gasteiger partial charge in [-0.15, -0.1) is 0 Å². The van der Waals surface area contributed by atoms with Crippen molar-refractivity contribution in [2.75, 3.05) is 44.7 Å². The number of aromatic nitrogens is 1. The van der Waals surface area contributed by atoms with Crippen LogP contribution in [0.1, 0.15) is 18.1 Å². The first-order valence-electron chi connectivity index (χ1n) is 9.58. The minimum absolute atomic E-state index is 0.649. The first kappa shape index (κ1) is 19.2. The van der Waals surface area contributed by atoms with Crippen molar-refractivity contribution in [2.45, 2.75) is 20.1 Å². The quantitative estimate of drug-likeness (QED) is 0.628. The summed E-state index contributed by atoms with van der Waals surface area (Å²) in [5.41, 5.74) is 2.47. The molecule has 0 saturated carbocycles. The zero-order chi connectivity index (χ0) is 18.9. The molecule has 0 spiro atoms. The van der Waals surface area contributed by atoms with Gasteiger partial charge in [-0.1, -0.05) is 30.3 Å². The SMILES string of the molecule is CCOCc1ccccc1CNC(=NC)N1CCN(c2ccccn2)CC1. The molecule has 0 amide bonds. The summed E-state index contributed by atoms with van der Waals surface area (Å²) in [4.78, 5) is 13.6. The van der Waals surface area contributed by atoms with E-state index in [1.54, 1.807) is 0 Å². The number of piperazine rings is 1. The van der Waals surface area contributed by atoms with Gasteiger partial charge in [-0.25, -0.2) is 4.98 Å². The first-order valence-corrected chi connectivity index (χ1v) is 9.58. The number of benzene rings is 1. The molecule has 0 bridgehead atoms. The molecule has 6 heteroatoms. The Hall–Kier alpha value is -2.60. The fraction of sp³-hybridized carbons (Fsp3) is 0.429. The molecule has 1 N–H and O–H groups in total. The van der Waals surface area contributed by atoms with E-state index < -0.39 is 0 Å². The number of aliphatic imine (C=N–C) groups is 1. The van der Waals surface area contributed by atoms with Gasteiger partial charge in [-0.3, -0.25) is 4.99 Å². The highest BCUT2D eigenvalue weighted by Crippen LogP contribution is 2.13. The molecule has 0 unspecified atom stereocenters. The van der Waals surface area contributed by atoms with E-state index in [0.29, 0.717) is 6.61 Å². The summed E-state index contributed by atoms with van der Waals surface area (Å²) in [6.07, 6.45) is 1.85. The molecule has 1 aliphatic heterocycles. The van der Waals surface area contributed by atoms with Gasteiger partial charge in [0.15, 0.2) is 5.96 Å². The van der Waals surface area contributed by atoms with Crippen molar-refractivity contribution in [1.82, 2.24) is 15.2 Å². The highest BCUT2D eigenvalue weighted by Gasteiger charge is 2.20. The number of hydrogen-bond acceptors (Lipinski definition) is 4. The Bertz CT molecular complexity index is 726. The Balaban J connectivity index is 1.55. The van der Waals surface area contributed by atoms with Crippen molar-refractivity contribution >= 4 is 11.8 Å². The van der Waals surface area contributed by atoms with Gasteiger partial charge in [0.1, 0.15) is 5.82 Å². The maximum Gasteiger partial charge on any atom is 0.194 e. The second-order valence-corrected chi connectivity index (χ2v) is 6.47. The molecule has 1 aliphatic rings. The highest BCUT2D eigenvalue weighted by molar-refractivity contribution is 5.80. The van der Waals surface area contributed by atoms with Crippen LogP contribution >= 0.6 is 0 Å². The summed E-state index contributed by atoms with van der Waals surface area (Å²) in [7, 11) is 1.85. The van der Waals surface area contributed by atoms with Crippen LogP contribution in [0.2, 0.25) is 0 Å². The molecule has 0 aliphatic carbocycles. The monoisotopic (exact) mass is 367 g/mol. The number of nitrogens with one attached hydrogen (secondary N) is 1. The van der Waals surface area contributed by atoms with Gasteiger partial charge in [0.05, 0.1) is 6.61 Å². The van der Waals surface area contributed by atoms with Crippen LogP contribution in [-0.4, -0.2) is 55.7 Å². The van der Waals surface area contributed by atoms with Gasteiger partial charge in [0, 0.05) is 52.6 Å². The average Bonchev–Trinajstić information content (AvgIpc) is 2.74. The fourth-order valence-corrected chi connectivity index (χ4v) is 3.28. The topological polar surface area (TPSA) is 53.0 Å². The third kappa shape index (κ3) is 5.20. The van der Waals surface area contributed by atoms with Crippen molar-refractivity contribution in [3.63, 3.8) is 0 Å². The molecule has 1 aromatic carbocycles. The Morgan fingerprint density at radius 2 is 1.81 bits per heavy atom. The highest BCUT2D eigenvalue weighted by atomic mass is 16.5. The number of guanidine groups is 1. The van der Waals surface area contributed by atoms with Crippen LogP contribution in [0.15, 0.2) is 53.7 Å². The van der Waals surface area contributed by atoms with Crippen LogP contribution < -0.4 is 10.2 Å². The van der Waals surface area contributed by atoms with E-state index >= 15 is 0 Å². The summed E-state index contributed by atoms with van der Waals surface area (Å²) < 4.78 is 5.58. The van der Waals surface area contributed by atoms with Crippen LogP contribution in [0.4, 0.5) is 5.82 Å². The number of ether oxygens (including phenoxy) is 1. The standard InChI is InChI=1S/C21H29N5O/c1-3-27-17-19-9-5-4-8-18(19)16-24-21(22-2)26-14-12-25(13-15-26)20-10-6-7-11-23-20/h4-11H,3,12-17H2,1-2H3,(H,22,24). The Labute approximate surface area is 161 Å². The maximum atomic E-state index is 5.58. The molecular formula is C21H29N5O. The lowest BCUT2D eigenvalue weighted by Gasteiger charge is -2.37. The largest absolute Gasteiger partial charge is 0.377 e. The smallest absolute Gasteiger partial charge is 0.194 e. The second-order valence-electron chi connectivity index (χ2n) is 6.47. The van der Waals surface area contributed by atoms with Crippen LogP contribution in [0, 0.1) is 0 Å². The average molecular weight is 367 g/mol. The Morgan fingerprint density at radius 3 is 2.48 bits per heavy atom. The lowest BCUT2D eigenvalue weighted by Crippen LogP contribution is -2.52. The van der Waals surface area contributed by atoms with Crippen molar-refractivity contribution in [3.05, 3.63) is 59.8 Å². The number of hydrogen-bond donors (Lipinski definition) is 1. The fourth-order valence-electron chi connectivity index (χ4n) is 3.28. The van der Waals surface area contributed by atoms with E-state index in [9.17, 15) is 0 Å². The third-order valence-corrected chi connectivity index (χ3v) is 4.78. The van der Waals surface area contributed by atoms with Gasteiger partial charge in [0.25, 0.3) is 0 Å². The molecule has 2 heterocycles. The Morgan fingerprint density at radius 1 is 1.07 bits per heavy atom. The minimum Gasteiger partial charge on any atom is -0.377 e.